The van der Waals surface area contributed by atoms with Crippen LogP contribution in [-0.4, -0.2) is 14.4 Å². The van der Waals surface area contributed by atoms with E-state index in [4.69, 9.17) is 0 Å². The molecule has 2 aliphatic rings. The van der Waals surface area contributed by atoms with Crippen molar-refractivity contribution in [2.75, 3.05) is 5.32 Å². The van der Waals surface area contributed by atoms with Crippen molar-refractivity contribution in [1.29, 1.82) is 0 Å². The maximum absolute atomic E-state index is 12.5. The molecule has 0 atom stereocenters. The molecular formula is C21H21BrN2O3S. The fraction of sp³-hybridized carbons (Fsp3) is 0.286. The molecule has 2 N–H and O–H groups in total. The summed E-state index contributed by atoms with van der Waals surface area (Å²) in [6.07, 6.45) is 7.32. The Labute approximate surface area is 173 Å². The lowest BCUT2D eigenvalue weighted by Crippen LogP contribution is -2.33. The van der Waals surface area contributed by atoms with Crippen LogP contribution in [0.3, 0.4) is 0 Å². The van der Waals surface area contributed by atoms with Crippen molar-refractivity contribution >= 4 is 43.7 Å². The van der Waals surface area contributed by atoms with E-state index in [9.17, 15) is 13.2 Å². The summed E-state index contributed by atoms with van der Waals surface area (Å²) in [4.78, 5) is 12.5. The minimum Gasteiger partial charge on any atom is -0.307 e. The van der Waals surface area contributed by atoms with Gasteiger partial charge < -0.3 is 5.32 Å². The average molecular weight is 461 g/mol. The third-order valence-electron chi connectivity index (χ3n) is 5.28. The Balaban J connectivity index is 1.54. The normalized spacial score (nSPS) is 15.5. The number of urea groups is 1. The highest BCUT2D eigenvalue weighted by molar-refractivity contribution is 9.10. The largest absolute Gasteiger partial charge is 0.333 e. The molecule has 0 saturated carbocycles. The van der Waals surface area contributed by atoms with E-state index < -0.39 is 16.1 Å². The van der Waals surface area contributed by atoms with Crippen LogP contribution in [0.2, 0.25) is 0 Å². The second kappa shape index (κ2) is 7.72. The predicted molar refractivity (Wildman–Crippen MR) is 115 cm³/mol. The van der Waals surface area contributed by atoms with Gasteiger partial charge in [0.05, 0.1) is 5.41 Å². The highest BCUT2D eigenvalue weighted by atomic mass is 79.9. The second-order valence-electron chi connectivity index (χ2n) is 7.12. The van der Waals surface area contributed by atoms with Crippen LogP contribution in [0.1, 0.15) is 40.7 Å². The highest BCUT2D eigenvalue weighted by Gasteiger charge is 2.28. The van der Waals surface area contributed by atoms with E-state index in [2.05, 4.69) is 26.0 Å². The van der Waals surface area contributed by atoms with Crippen LogP contribution in [0.25, 0.3) is 6.08 Å². The van der Waals surface area contributed by atoms with Crippen molar-refractivity contribution in [2.45, 2.75) is 38.5 Å². The SMILES string of the molecule is O=C(Nc1c2c(c(Br)c3c1CCC3)CCC2)NS(=O)(=O)/C=C/c1ccccc1. The summed E-state index contributed by atoms with van der Waals surface area (Å²) in [6.45, 7) is 0. The third-order valence-corrected chi connectivity index (χ3v) is 7.20. The van der Waals surface area contributed by atoms with Gasteiger partial charge in [-0.15, -0.1) is 0 Å². The Hall–Kier alpha value is -2.12. The van der Waals surface area contributed by atoms with Crippen molar-refractivity contribution in [3.8, 4) is 0 Å². The van der Waals surface area contributed by atoms with Gasteiger partial charge in [-0.2, -0.15) is 0 Å². The summed E-state index contributed by atoms with van der Waals surface area (Å²) in [6, 6.07) is 8.36. The van der Waals surface area contributed by atoms with Crippen molar-refractivity contribution in [1.82, 2.24) is 4.72 Å². The summed E-state index contributed by atoms with van der Waals surface area (Å²) >= 11 is 3.74. The number of hydrogen-bond acceptors (Lipinski definition) is 3. The molecule has 0 spiro atoms. The second-order valence-corrected chi connectivity index (χ2v) is 9.48. The minimum absolute atomic E-state index is 0.719. The highest BCUT2D eigenvalue weighted by Crippen LogP contribution is 2.44. The van der Waals surface area contributed by atoms with Gasteiger partial charge in [-0.25, -0.2) is 17.9 Å². The van der Waals surface area contributed by atoms with Crippen LogP contribution in [0.4, 0.5) is 10.5 Å². The van der Waals surface area contributed by atoms with Crippen molar-refractivity contribution in [3.63, 3.8) is 0 Å². The molecular weight excluding hydrogens is 440 g/mol. The number of halogens is 1. The van der Waals surface area contributed by atoms with Gasteiger partial charge in [0.2, 0.25) is 0 Å². The fourth-order valence-electron chi connectivity index (χ4n) is 4.07. The monoisotopic (exact) mass is 460 g/mol. The van der Waals surface area contributed by atoms with Crippen molar-refractivity contribution < 1.29 is 13.2 Å². The molecule has 0 fully saturated rings. The maximum atomic E-state index is 12.5. The molecule has 28 heavy (non-hydrogen) atoms. The molecule has 0 bridgehead atoms. The number of benzene rings is 2. The molecule has 2 aromatic rings. The predicted octanol–water partition coefficient (Wildman–Crippen LogP) is 4.55. The van der Waals surface area contributed by atoms with Crippen LogP contribution in [-0.2, 0) is 35.7 Å². The summed E-state index contributed by atoms with van der Waals surface area (Å²) in [7, 11) is -3.89. The Morgan fingerprint density at radius 2 is 1.50 bits per heavy atom. The lowest BCUT2D eigenvalue weighted by Gasteiger charge is -2.18. The third kappa shape index (κ3) is 3.86. The molecule has 0 aromatic heterocycles. The first kappa shape index (κ1) is 19.2. The topological polar surface area (TPSA) is 75.3 Å². The number of hydrogen-bond donors (Lipinski definition) is 2. The Morgan fingerprint density at radius 3 is 2.11 bits per heavy atom. The van der Waals surface area contributed by atoms with Crippen molar-refractivity contribution in [2.24, 2.45) is 0 Å². The standard InChI is InChI=1S/C21H21BrN2O3S/c22-19-15-8-4-10-17(15)20(18-11-5-9-16(18)19)23-21(25)24-28(26,27)13-12-14-6-2-1-3-7-14/h1-3,6-7,12-13H,4-5,8-11H2,(H2,23,24,25)/b13-12+. The first-order valence-electron chi connectivity index (χ1n) is 9.36. The van der Waals surface area contributed by atoms with Gasteiger partial charge >= 0.3 is 6.03 Å². The van der Waals surface area contributed by atoms with Crippen LogP contribution in [0, 0.1) is 0 Å². The molecule has 0 heterocycles. The van der Waals surface area contributed by atoms with Gasteiger partial charge in [0.1, 0.15) is 0 Å². The quantitative estimate of drug-likeness (QED) is 0.702. The minimum atomic E-state index is -3.89. The van der Waals surface area contributed by atoms with Crippen molar-refractivity contribution in [3.05, 3.63) is 68.0 Å². The zero-order valence-corrected chi connectivity index (χ0v) is 17.7. The van der Waals surface area contributed by atoms with Gasteiger partial charge in [-0.05, 0) is 72.4 Å². The number of anilines is 1. The van der Waals surface area contributed by atoms with Gasteiger partial charge in [0.15, 0.2) is 0 Å². The fourth-order valence-corrected chi connectivity index (χ4v) is 5.66. The number of amides is 2. The number of carbonyl (C=O) groups is 1. The van der Waals surface area contributed by atoms with E-state index in [-0.39, 0.29) is 0 Å². The molecule has 7 heteroatoms. The Morgan fingerprint density at radius 1 is 0.929 bits per heavy atom. The summed E-state index contributed by atoms with van der Waals surface area (Å²) in [5, 5.41) is 3.85. The summed E-state index contributed by atoms with van der Waals surface area (Å²) < 4.78 is 27.8. The smallest absolute Gasteiger partial charge is 0.307 e. The first-order chi connectivity index (χ1) is 13.4. The lowest BCUT2D eigenvalue weighted by molar-refractivity contribution is 0.256. The zero-order valence-electron chi connectivity index (χ0n) is 15.3. The molecule has 4 rings (SSSR count). The number of carbonyl (C=O) groups excluding carboxylic acids is 1. The molecule has 0 aliphatic heterocycles. The Bertz CT molecular complexity index is 1030. The van der Waals surface area contributed by atoms with E-state index in [0.29, 0.717) is 0 Å². The number of fused-ring (bicyclic) bond motifs is 2. The zero-order chi connectivity index (χ0) is 19.7. The molecule has 2 aromatic carbocycles. The van der Waals surface area contributed by atoms with Gasteiger partial charge in [0.25, 0.3) is 10.0 Å². The molecule has 2 amide bonds. The molecule has 0 unspecified atom stereocenters. The van der Waals surface area contributed by atoms with E-state index >= 15 is 0 Å². The van der Waals surface area contributed by atoms with E-state index in [0.717, 1.165) is 66.3 Å². The summed E-state index contributed by atoms with van der Waals surface area (Å²) in [5.41, 5.74) is 6.34. The molecule has 5 nitrogen and oxygen atoms in total. The number of nitrogens with one attached hydrogen (secondary N) is 2. The molecule has 146 valence electrons. The van der Waals surface area contributed by atoms with Crippen LogP contribution < -0.4 is 10.0 Å². The number of rotatable bonds is 4. The van der Waals surface area contributed by atoms with E-state index in [1.54, 1.807) is 12.1 Å². The van der Waals surface area contributed by atoms with Gasteiger partial charge in [-0.3, -0.25) is 0 Å². The van der Waals surface area contributed by atoms with Crippen LogP contribution in [0.5, 0.6) is 0 Å². The summed E-state index contributed by atoms with van der Waals surface area (Å²) in [5.74, 6) is 0. The van der Waals surface area contributed by atoms with E-state index in [1.165, 1.54) is 21.7 Å². The lowest BCUT2D eigenvalue weighted by atomic mass is 9.99. The molecule has 2 aliphatic carbocycles. The van der Waals surface area contributed by atoms with Crippen LogP contribution >= 0.6 is 15.9 Å². The van der Waals surface area contributed by atoms with E-state index in [1.807, 2.05) is 18.2 Å². The maximum Gasteiger partial charge on any atom is 0.333 e. The molecule has 0 saturated heterocycles. The molecule has 0 radical (unpaired) electrons. The van der Waals surface area contributed by atoms with Crippen LogP contribution in [0.15, 0.2) is 40.2 Å². The average Bonchev–Trinajstić information content (AvgIpc) is 3.34. The first-order valence-corrected chi connectivity index (χ1v) is 11.7. The van der Waals surface area contributed by atoms with Gasteiger partial charge in [-0.1, -0.05) is 46.3 Å². The Kier molecular flexibility index (Phi) is 5.29. The number of sulfonamides is 1. The van der Waals surface area contributed by atoms with Gasteiger partial charge in [0, 0.05) is 10.2 Å².